The van der Waals surface area contributed by atoms with Crippen LogP contribution in [0.5, 0.6) is 0 Å². The highest BCUT2D eigenvalue weighted by atomic mass is 32.2. The van der Waals surface area contributed by atoms with Gasteiger partial charge in [0, 0.05) is 18.0 Å². The Kier molecular flexibility index (Phi) is 3.99. The third-order valence-corrected chi connectivity index (χ3v) is 4.40. The summed E-state index contributed by atoms with van der Waals surface area (Å²) in [5.74, 6) is 0. The minimum absolute atomic E-state index is 0.369. The highest BCUT2D eigenvalue weighted by molar-refractivity contribution is 7.98. The summed E-state index contributed by atoms with van der Waals surface area (Å²) in [6, 6.07) is 14.9. The zero-order chi connectivity index (χ0) is 17.2. The lowest BCUT2D eigenvalue weighted by Gasteiger charge is -2.04. The molecule has 7 heteroatoms. The van der Waals surface area contributed by atoms with E-state index < -0.39 is 0 Å². The molecular formula is C18H13N5OS. The topological polar surface area (TPSA) is 72.5 Å². The first-order valence-corrected chi connectivity index (χ1v) is 8.81. The molecule has 0 aliphatic heterocycles. The van der Waals surface area contributed by atoms with Gasteiger partial charge in [0.05, 0.1) is 16.8 Å². The molecule has 4 aromatic rings. The van der Waals surface area contributed by atoms with E-state index in [9.17, 15) is 4.91 Å². The molecule has 0 saturated carbocycles. The zero-order valence-corrected chi connectivity index (χ0v) is 14.1. The summed E-state index contributed by atoms with van der Waals surface area (Å²) in [6.45, 7) is 0. The van der Waals surface area contributed by atoms with Crippen LogP contribution in [0, 0.1) is 4.91 Å². The first kappa shape index (κ1) is 15.5. The van der Waals surface area contributed by atoms with E-state index in [4.69, 9.17) is 5.10 Å². The van der Waals surface area contributed by atoms with Gasteiger partial charge >= 0.3 is 0 Å². The number of aromatic nitrogens is 4. The normalized spacial score (nSPS) is 10.9. The van der Waals surface area contributed by atoms with Crippen molar-refractivity contribution >= 4 is 23.0 Å². The van der Waals surface area contributed by atoms with Crippen molar-refractivity contribution in [1.82, 2.24) is 19.6 Å². The fourth-order valence-electron chi connectivity index (χ4n) is 2.74. The molecule has 0 N–H and O–H groups in total. The molecule has 0 fully saturated rings. The zero-order valence-electron chi connectivity index (χ0n) is 13.3. The number of rotatable bonds is 4. The van der Waals surface area contributed by atoms with Gasteiger partial charge in [-0.15, -0.1) is 4.91 Å². The Morgan fingerprint density at radius 1 is 1.12 bits per heavy atom. The first-order valence-electron chi connectivity index (χ1n) is 7.59. The smallest absolute Gasteiger partial charge is 0.187 e. The van der Waals surface area contributed by atoms with Crippen LogP contribution in [0.15, 0.2) is 71.3 Å². The summed E-state index contributed by atoms with van der Waals surface area (Å²) >= 11 is 1.49. The summed E-state index contributed by atoms with van der Waals surface area (Å²) in [5.41, 5.74) is 4.57. The van der Waals surface area contributed by atoms with Crippen molar-refractivity contribution < 1.29 is 0 Å². The molecule has 122 valence electrons. The largest absolute Gasteiger partial charge is 0.240 e. The monoisotopic (exact) mass is 347 g/mol. The third-order valence-electron chi connectivity index (χ3n) is 3.84. The van der Waals surface area contributed by atoms with Gasteiger partial charge in [0.1, 0.15) is 11.4 Å². The average molecular weight is 347 g/mol. The van der Waals surface area contributed by atoms with E-state index in [-0.39, 0.29) is 0 Å². The highest BCUT2D eigenvalue weighted by Crippen LogP contribution is 2.35. The van der Waals surface area contributed by atoms with E-state index in [0.717, 1.165) is 28.0 Å². The van der Waals surface area contributed by atoms with Crippen molar-refractivity contribution in [3.05, 3.63) is 65.8 Å². The number of nitrogens with zero attached hydrogens (tertiary/aromatic N) is 5. The fourth-order valence-corrected chi connectivity index (χ4v) is 3.10. The number of fused-ring (bicyclic) bond motifs is 1. The predicted molar refractivity (Wildman–Crippen MR) is 98.9 cm³/mol. The number of pyridine rings is 1. The predicted octanol–water partition coefficient (Wildman–Crippen LogP) is 4.58. The summed E-state index contributed by atoms with van der Waals surface area (Å²) in [7, 11) is 0. The molecule has 3 heterocycles. The van der Waals surface area contributed by atoms with Crippen LogP contribution in [-0.2, 0) is 0 Å². The van der Waals surface area contributed by atoms with Gasteiger partial charge in [0.2, 0.25) is 0 Å². The molecule has 0 atom stereocenters. The lowest BCUT2D eigenvalue weighted by molar-refractivity contribution is 0.966. The number of hydrogen-bond acceptors (Lipinski definition) is 6. The summed E-state index contributed by atoms with van der Waals surface area (Å²) < 4.78 is 1.81. The Balaban J connectivity index is 2.02. The van der Waals surface area contributed by atoms with Gasteiger partial charge in [-0.05, 0) is 41.8 Å². The van der Waals surface area contributed by atoms with Crippen LogP contribution < -0.4 is 0 Å². The maximum atomic E-state index is 10.9. The molecule has 0 bridgehead atoms. The Bertz CT molecular complexity index is 1080. The van der Waals surface area contributed by atoms with Crippen LogP contribution in [0.4, 0.5) is 5.69 Å². The second-order valence-electron chi connectivity index (χ2n) is 5.32. The summed E-state index contributed by atoms with van der Waals surface area (Å²) in [4.78, 5) is 19.8. The Morgan fingerprint density at radius 2 is 2.04 bits per heavy atom. The van der Waals surface area contributed by atoms with Crippen molar-refractivity contribution in [2.24, 2.45) is 5.18 Å². The lowest BCUT2D eigenvalue weighted by atomic mass is 10.0. The molecule has 0 spiro atoms. The Labute approximate surface area is 147 Å². The SMILES string of the molecule is CSc1nccc(-c2c(-c3cccc(N=O)c3)nn3ccccc23)n1. The molecule has 0 radical (unpaired) electrons. The average Bonchev–Trinajstić information content (AvgIpc) is 3.07. The second-order valence-corrected chi connectivity index (χ2v) is 6.10. The molecular weight excluding hydrogens is 334 g/mol. The molecule has 0 aliphatic rings. The molecule has 0 aliphatic carbocycles. The first-order chi connectivity index (χ1) is 12.3. The van der Waals surface area contributed by atoms with Crippen molar-refractivity contribution in [1.29, 1.82) is 0 Å². The van der Waals surface area contributed by atoms with Crippen LogP contribution >= 0.6 is 11.8 Å². The standard InChI is InChI=1S/C18H13N5OS/c1-25-18-19-9-8-14(20-18)16-15-7-2-3-10-23(15)21-17(16)12-5-4-6-13(11-12)22-24/h2-11H,1H3. The molecule has 25 heavy (non-hydrogen) atoms. The number of hydrogen-bond donors (Lipinski definition) is 0. The molecule has 4 rings (SSSR count). The van der Waals surface area contributed by atoms with Crippen molar-refractivity contribution in [3.8, 4) is 22.5 Å². The van der Waals surface area contributed by atoms with Gasteiger partial charge in [0.15, 0.2) is 5.16 Å². The maximum absolute atomic E-state index is 10.9. The number of thioether (sulfide) groups is 1. The molecule has 6 nitrogen and oxygen atoms in total. The van der Waals surface area contributed by atoms with E-state index >= 15 is 0 Å². The maximum Gasteiger partial charge on any atom is 0.187 e. The van der Waals surface area contributed by atoms with Gasteiger partial charge in [-0.2, -0.15) is 5.10 Å². The molecule has 0 amide bonds. The van der Waals surface area contributed by atoms with Gasteiger partial charge in [-0.1, -0.05) is 30.0 Å². The van der Waals surface area contributed by atoms with E-state index in [1.807, 2.05) is 47.3 Å². The van der Waals surface area contributed by atoms with E-state index in [2.05, 4.69) is 15.1 Å². The fraction of sp³-hybridized carbons (Fsp3) is 0.0556. The molecule has 3 aromatic heterocycles. The van der Waals surface area contributed by atoms with Gasteiger partial charge in [-0.3, -0.25) is 0 Å². The number of nitroso groups, excluding NO2 is 1. The molecule has 1 aromatic carbocycles. The van der Waals surface area contributed by atoms with Crippen LogP contribution in [0.1, 0.15) is 0 Å². The van der Waals surface area contributed by atoms with E-state index in [1.165, 1.54) is 11.8 Å². The summed E-state index contributed by atoms with van der Waals surface area (Å²) in [6.07, 6.45) is 5.57. The van der Waals surface area contributed by atoms with E-state index in [0.29, 0.717) is 10.8 Å². The quantitative estimate of drug-likeness (QED) is 0.307. The minimum atomic E-state index is 0.369. The lowest BCUT2D eigenvalue weighted by Crippen LogP contribution is -1.90. The Morgan fingerprint density at radius 3 is 2.88 bits per heavy atom. The third kappa shape index (κ3) is 2.78. The van der Waals surface area contributed by atoms with Crippen molar-refractivity contribution in [3.63, 3.8) is 0 Å². The van der Waals surface area contributed by atoms with Gasteiger partial charge in [-0.25, -0.2) is 14.5 Å². The summed E-state index contributed by atoms with van der Waals surface area (Å²) in [5, 5.41) is 8.42. The van der Waals surface area contributed by atoms with Crippen molar-refractivity contribution in [2.45, 2.75) is 5.16 Å². The Hall–Kier alpha value is -3.06. The van der Waals surface area contributed by atoms with Gasteiger partial charge < -0.3 is 0 Å². The van der Waals surface area contributed by atoms with Crippen molar-refractivity contribution in [2.75, 3.05) is 6.26 Å². The minimum Gasteiger partial charge on any atom is -0.240 e. The van der Waals surface area contributed by atoms with Crippen LogP contribution in [0.3, 0.4) is 0 Å². The molecule has 0 saturated heterocycles. The van der Waals surface area contributed by atoms with Crippen LogP contribution in [0.25, 0.3) is 28.0 Å². The highest BCUT2D eigenvalue weighted by Gasteiger charge is 2.18. The van der Waals surface area contributed by atoms with Crippen LogP contribution in [-0.4, -0.2) is 25.8 Å². The van der Waals surface area contributed by atoms with E-state index in [1.54, 1.807) is 24.4 Å². The van der Waals surface area contributed by atoms with Gasteiger partial charge in [0.25, 0.3) is 0 Å². The van der Waals surface area contributed by atoms with Crippen LogP contribution in [0.2, 0.25) is 0 Å². The second kappa shape index (κ2) is 6.45. The molecule has 0 unspecified atom stereocenters. The number of benzene rings is 1.